The van der Waals surface area contributed by atoms with E-state index in [1.807, 2.05) is 12.1 Å². The maximum atomic E-state index is 5.87. The average Bonchev–Trinajstić information content (AvgIpc) is 2.39. The fourth-order valence-electron chi connectivity index (χ4n) is 2.20. The van der Waals surface area contributed by atoms with Crippen molar-refractivity contribution in [3.8, 4) is 0 Å². The molecule has 106 valence electrons. The van der Waals surface area contributed by atoms with E-state index in [1.165, 1.54) is 5.56 Å². The smallest absolute Gasteiger partial charge is 0.106 e. The van der Waals surface area contributed by atoms with Gasteiger partial charge < -0.3 is 15.4 Å². The lowest BCUT2D eigenvalue weighted by Gasteiger charge is -2.33. The van der Waals surface area contributed by atoms with Crippen molar-refractivity contribution in [1.82, 2.24) is 0 Å². The summed E-state index contributed by atoms with van der Waals surface area (Å²) in [5, 5.41) is 0. The molecule has 0 heterocycles. The predicted molar refractivity (Wildman–Crippen MR) is 86.0 cm³/mol. The second-order valence-corrected chi connectivity index (χ2v) is 5.22. The molecular weight excluding hydrogens is 256 g/mol. The molecule has 1 aromatic carbocycles. The molecule has 0 radical (unpaired) electrons. The first kappa shape index (κ1) is 15.9. The van der Waals surface area contributed by atoms with Crippen LogP contribution in [-0.2, 0) is 4.74 Å². The standard InChI is InChI=1S/C15H24N2OS/c1-5-12(3)17(9-10-18-4)14-11(2)7-6-8-13(14)15(16)19/h6-8,12H,5,9-10H2,1-4H3,(H2,16,19). The quantitative estimate of drug-likeness (QED) is 0.780. The number of hydrogen-bond donors (Lipinski definition) is 1. The Morgan fingerprint density at radius 2 is 2.16 bits per heavy atom. The summed E-state index contributed by atoms with van der Waals surface area (Å²) in [6.45, 7) is 8.02. The Labute approximate surface area is 121 Å². The Kier molecular flexibility index (Phi) is 6.25. The summed E-state index contributed by atoms with van der Waals surface area (Å²) in [5.74, 6) is 0. The number of nitrogens with two attached hydrogens (primary N) is 1. The van der Waals surface area contributed by atoms with Crippen LogP contribution in [0.5, 0.6) is 0 Å². The van der Waals surface area contributed by atoms with Gasteiger partial charge in [0.1, 0.15) is 4.99 Å². The molecule has 1 aromatic rings. The molecule has 0 saturated heterocycles. The molecule has 0 fully saturated rings. The lowest BCUT2D eigenvalue weighted by atomic mass is 10.0. The van der Waals surface area contributed by atoms with Crippen LogP contribution in [0.15, 0.2) is 18.2 Å². The van der Waals surface area contributed by atoms with Gasteiger partial charge in [-0.15, -0.1) is 0 Å². The summed E-state index contributed by atoms with van der Waals surface area (Å²) in [6.07, 6.45) is 1.06. The minimum absolute atomic E-state index is 0.421. The van der Waals surface area contributed by atoms with Crippen LogP contribution in [0, 0.1) is 6.92 Å². The van der Waals surface area contributed by atoms with E-state index in [9.17, 15) is 0 Å². The Morgan fingerprint density at radius 3 is 2.68 bits per heavy atom. The third-order valence-electron chi connectivity index (χ3n) is 3.45. The lowest BCUT2D eigenvalue weighted by molar-refractivity contribution is 0.203. The third kappa shape index (κ3) is 3.91. The highest BCUT2D eigenvalue weighted by atomic mass is 32.1. The Morgan fingerprint density at radius 1 is 1.47 bits per heavy atom. The molecule has 0 amide bonds. The maximum absolute atomic E-state index is 5.87. The van der Waals surface area contributed by atoms with Crippen LogP contribution in [0.25, 0.3) is 0 Å². The normalized spacial score (nSPS) is 12.2. The van der Waals surface area contributed by atoms with E-state index in [-0.39, 0.29) is 0 Å². The highest BCUT2D eigenvalue weighted by Gasteiger charge is 2.19. The van der Waals surface area contributed by atoms with Gasteiger partial charge in [-0.25, -0.2) is 0 Å². The molecule has 0 aliphatic heterocycles. The van der Waals surface area contributed by atoms with Gasteiger partial charge in [-0.1, -0.05) is 31.3 Å². The Balaban J connectivity index is 3.23. The van der Waals surface area contributed by atoms with Gasteiger partial charge in [0.15, 0.2) is 0 Å². The first-order chi connectivity index (χ1) is 9.02. The third-order valence-corrected chi connectivity index (χ3v) is 3.67. The molecule has 1 atom stereocenters. The predicted octanol–water partition coefficient (Wildman–Crippen LogP) is 2.88. The number of thiocarbonyl (C=S) groups is 1. The zero-order chi connectivity index (χ0) is 14.4. The zero-order valence-corrected chi connectivity index (χ0v) is 13.1. The molecule has 1 rings (SSSR count). The van der Waals surface area contributed by atoms with E-state index in [2.05, 4.69) is 31.7 Å². The van der Waals surface area contributed by atoms with E-state index in [4.69, 9.17) is 22.7 Å². The molecule has 3 nitrogen and oxygen atoms in total. The van der Waals surface area contributed by atoms with Gasteiger partial charge in [0.25, 0.3) is 0 Å². The fourth-order valence-corrected chi connectivity index (χ4v) is 2.37. The van der Waals surface area contributed by atoms with Crippen molar-refractivity contribution >= 4 is 22.9 Å². The van der Waals surface area contributed by atoms with Crippen molar-refractivity contribution in [2.75, 3.05) is 25.2 Å². The Bertz CT molecular complexity index is 434. The summed E-state index contributed by atoms with van der Waals surface area (Å²) in [5.41, 5.74) is 9.15. The van der Waals surface area contributed by atoms with Crippen LogP contribution in [-0.4, -0.2) is 31.3 Å². The summed E-state index contributed by atoms with van der Waals surface area (Å²) < 4.78 is 5.22. The SMILES string of the molecule is CCC(C)N(CCOC)c1c(C)cccc1C(N)=S. The number of hydrogen-bond acceptors (Lipinski definition) is 3. The summed E-state index contributed by atoms with van der Waals surface area (Å²) >= 11 is 5.18. The lowest BCUT2D eigenvalue weighted by Crippen LogP contribution is -2.37. The van der Waals surface area contributed by atoms with Crippen molar-refractivity contribution in [3.05, 3.63) is 29.3 Å². The van der Waals surface area contributed by atoms with Crippen molar-refractivity contribution in [2.45, 2.75) is 33.2 Å². The van der Waals surface area contributed by atoms with Gasteiger partial charge in [-0.05, 0) is 31.9 Å². The topological polar surface area (TPSA) is 38.5 Å². The van der Waals surface area contributed by atoms with Gasteiger partial charge in [-0.2, -0.15) is 0 Å². The number of para-hydroxylation sites is 1. The molecule has 0 saturated carbocycles. The first-order valence-corrected chi connectivity index (χ1v) is 7.08. The second kappa shape index (κ2) is 7.46. The van der Waals surface area contributed by atoms with Crippen LogP contribution >= 0.6 is 12.2 Å². The van der Waals surface area contributed by atoms with Gasteiger partial charge in [0.2, 0.25) is 0 Å². The van der Waals surface area contributed by atoms with Crippen LogP contribution in [0.3, 0.4) is 0 Å². The molecule has 0 bridgehead atoms. The van der Waals surface area contributed by atoms with Gasteiger partial charge in [-0.3, -0.25) is 0 Å². The zero-order valence-electron chi connectivity index (χ0n) is 12.3. The number of nitrogens with zero attached hydrogens (tertiary/aromatic N) is 1. The number of methoxy groups -OCH3 is 1. The second-order valence-electron chi connectivity index (χ2n) is 4.78. The minimum atomic E-state index is 0.421. The van der Waals surface area contributed by atoms with E-state index >= 15 is 0 Å². The number of ether oxygens (including phenoxy) is 1. The largest absolute Gasteiger partial charge is 0.389 e. The van der Waals surface area contributed by atoms with Crippen molar-refractivity contribution in [3.63, 3.8) is 0 Å². The van der Waals surface area contributed by atoms with Gasteiger partial charge in [0.05, 0.1) is 12.3 Å². The maximum Gasteiger partial charge on any atom is 0.106 e. The molecule has 0 spiro atoms. The number of anilines is 1. The monoisotopic (exact) mass is 280 g/mol. The van der Waals surface area contributed by atoms with Crippen LogP contribution in [0.2, 0.25) is 0 Å². The summed E-state index contributed by atoms with van der Waals surface area (Å²) in [4.78, 5) is 2.79. The fraction of sp³-hybridized carbons (Fsp3) is 0.533. The minimum Gasteiger partial charge on any atom is -0.389 e. The van der Waals surface area contributed by atoms with Crippen LogP contribution in [0.1, 0.15) is 31.4 Å². The molecule has 2 N–H and O–H groups in total. The molecular formula is C15H24N2OS. The number of benzene rings is 1. The Hall–Kier alpha value is -1.13. The average molecular weight is 280 g/mol. The van der Waals surface area contributed by atoms with Crippen molar-refractivity contribution in [2.24, 2.45) is 5.73 Å². The van der Waals surface area contributed by atoms with Crippen molar-refractivity contribution < 1.29 is 4.74 Å². The molecule has 19 heavy (non-hydrogen) atoms. The first-order valence-electron chi connectivity index (χ1n) is 6.67. The van der Waals surface area contributed by atoms with Gasteiger partial charge >= 0.3 is 0 Å². The molecule has 0 aliphatic rings. The van der Waals surface area contributed by atoms with E-state index < -0.39 is 0 Å². The van der Waals surface area contributed by atoms with Crippen molar-refractivity contribution in [1.29, 1.82) is 0 Å². The van der Waals surface area contributed by atoms with Gasteiger partial charge in [0, 0.05) is 25.3 Å². The van der Waals surface area contributed by atoms with Crippen LogP contribution in [0.4, 0.5) is 5.69 Å². The van der Waals surface area contributed by atoms with Crippen LogP contribution < -0.4 is 10.6 Å². The van der Waals surface area contributed by atoms with E-state index in [1.54, 1.807) is 7.11 Å². The highest BCUT2D eigenvalue weighted by Crippen LogP contribution is 2.27. The van der Waals surface area contributed by atoms with E-state index in [0.29, 0.717) is 17.6 Å². The van der Waals surface area contributed by atoms with E-state index in [0.717, 1.165) is 24.2 Å². The number of rotatable bonds is 7. The summed E-state index contributed by atoms with van der Waals surface area (Å²) in [6, 6.07) is 6.51. The molecule has 4 heteroatoms. The molecule has 0 aromatic heterocycles. The number of aryl methyl sites for hydroxylation is 1. The molecule has 1 unspecified atom stereocenters. The highest BCUT2D eigenvalue weighted by molar-refractivity contribution is 7.80. The summed E-state index contributed by atoms with van der Waals surface area (Å²) in [7, 11) is 1.72. The molecule has 0 aliphatic carbocycles.